The minimum absolute atomic E-state index is 0.154. The van der Waals surface area contributed by atoms with Crippen LogP contribution in [-0.4, -0.2) is 62.2 Å². The first-order valence-electron chi connectivity index (χ1n) is 9.19. The maximum Gasteiger partial charge on any atom is 0.194 e. The highest BCUT2D eigenvalue weighted by Crippen LogP contribution is 2.21. The van der Waals surface area contributed by atoms with Crippen LogP contribution in [0.5, 0.6) is 0 Å². The molecule has 6 heteroatoms. The van der Waals surface area contributed by atoms with E-state index in [9.17, 15) is 0 Å². The lowest BCUT2D eigenvalue weighted by Crippen LogP contribution is -2.53. The van der Waals surface area contributed by atoms with Gasteiger partial charge in [-0.3, -0.25) is 0 Å². The van der Waals surface area contributed by atoms with Crippen LogP contribution in [0.2, 0.25) is 0 Å². The van der Waals surface area contributed by atoms with E-state index in [0.29, 0.717) is 6.54 Å². The Morgan fingerprint density at radius 2 is 2.04 bits per heavy atom. The zero-order valence-corrected chi connectivity index (χ0v) is 16.1. The van der Waals surface area contributed by atoms with Gasteiger partial charge >= 0.3 is 0 Å². The van der Waals surface area contributed by atoms with E-state index in [1.807, 2.05) is 0 Å². The average Bonchev–Trinajstić information content (AvgIpc) is 3.20. The minimum atomic E-state index is 0.154. The van der Waals surface area contributed by atoms with E-state index in [0.717, 1.165) is 51.6 Å². The van der Waals surface area contributed by atoms with Crippen LogP contribution in [0.25, 0.3) is 0 Å². The molecule has 2 aliphatic heterocycles. The smallest absolute Gasteiger partial charge is 0.194 e. The number of hydrogen-bond donors (Lipinski definition) is 1. The Kier molecular flexibility index (Phi) is 7.02. The first-order chi connectivity index (χ1) is 12.3. The van der Waals surface area contributed by atoms with E-state index >= 15 is 0 Å². The molecule has 2 saturated heterocycles. The molecule has 2 fully saturated rings. The highest BCUT2D eigenvalue weighted by Gasteiger charge is 2.32. The topological polar surface area (TPSA) is 46.1 Å². The summed E-state index contributed by atoms with van der Waals surface area (Å²) in [6, 6.07) is 8.63. The number of nitrogens with zero attached hydrogens (tertiary/aromatic N) is 2. The summed E-state index contributed by atoms with van der Waals surface area (Å²) >= 11 is 1.76. The van der Waals surface area contributed by atoms with Crippen molar-refractivity contribution in [3.8, 4) is 0 Å². The van der Waals surface area contributed by atoms with Gasteiger partial charge in [0.05, 0.1) is 19.3 Å². The maximum absolute atomic E-state index is 5.96. The molecule has 2 aliphatic rings. The Labute approximate surface area is 155 Å². The van der Waals surface area contributed by atoms with E-state index in [1.165, 1.54) is 10.5 Å². The molecule has 0 radical (unpaired) electrons. The quantitative estimate of drug-likeness (QED) is 0.495. The third-order valence-corrected chi connectivity index (χ3v) is 5.42. The molecule has 1 N–H and O–H groups in total. The highest BCUT2D eigenvalue weighted by atomic mass is 32.2. The van der Waals surface area contributed by atoms with Crippen molar-refractivity contribution in [2.24, 2.45) is 4.99 Å². The standard InChI is InChI=1S/C19H29N3O2S/c1-3-20-19(21-13-15-6-8-16(25-2)9-7-15)22-10-12-24-18(14-22)17-5-4-11-23-17/h6-9,17-18H,3-5,10-14H2,1-2H3,(H,20,21). The van der Waals surface area contributed by atoms with Crippen LogP contribution in [-0.2, 0) is 16.0 Å². The largest absolute Gasteiger partial charge is 0.375 e. The number of rotatable bonds is 5. The number of nitrogens with one attached hydrogen (secondary N) is 1. The third kappa shape index (κ3) is 5.12. The fraction of sp³-hybridized carbons (Fsp3) is 0.632. The normalized spacial score (nSPS) is 24.6. The molecular formula is C19H29N3O2S. The number of morpholine rings is 1. The summed E-state index contributed by atoms with van der Waals surface area (Å²) in [6.45, 7) is 7.00. The fourth-order valence-corrected chi connectivity index (χ4v) is 3.72. The van der Waals surface area contributed by atoms with Gasteiger partial charge < -0.3 is 19.7 Å². The van der Waals surface area contributed by atoms with Gasteiger partial charge in [-0.2, -0.15) is 0 Å². The van der Waals surface area contributed by atoms with Gasteiger partial charge in [-0.15, -0.1) is 11.8 Å². The van der Waals surface area contributed by atoms with Gasteiger partial charge in [-0.25, -0.2) is 4.99 Å². The van der Waals surface area contributed by atoms with Crippen LogP contribution in [0.3, 0.4) is 0 Å². The molecule has 2 heterocycles. The van der Waals surface area contributed by atoms with Crippen LogP contribution >= 0.6 is 11.8 Å². The first-order valence-corrected chi connectivity index (χ1v) is 10.4. The van der Waals surface area contributed by atoms with Gasteiger partial charge in [0.2, 0.25) is 0 Å². The molecule has 138 valence electrons. The Balaban J connectivity index is 1.63. The van der Waals surface area contributed by atoms with E-state index in [1.54, 1.807) is 11.8 Å². The molecule has 25 heavy (non-hydrogen) atoms. The van der Waals surface area contributed by atoms with Crippen molar-refractivity contribution in [1.82, 2.24) is 10.2 Å². The molecule has 1 aromatic rings. The van der Waals surface area contributed by atoms with Crippen LogP contribution in [0.1, 0.15) is 25.3 Å². The van der Waals surface area contributed by atoms with Crippen molar-refractivity contribution >= 4 is 17.7 Å². The zero-order chi connectivity index (χ0) is 17.5. The van der Waals surface area contributed by atoms with E-state index in [2.05, 4.69) is 47.7 Å². The van der Waals surface area contributed by atoms with E-state index < -0.39 is 0 Å². The molecule has 0 saturated carbocycles. The summed E-state index contributed by atoms with van der Waals surface area (Å²) in [5, 5.41) is 3.43. The van der Waals surface area contributed by atoms with Gasteiger partial charge in [0, 0.05) is 31.1 Å². The lowest BCUT2D eigenvalue weighted by atomic mass is 10.1. The molecular weight excluding hydrogens is 334 g/mol. The number of guanidine groups is 1. The summed E-state index contributed by atoms with van der Waals surface area (Å²) in [7, 11) is 0. The van der Waals surface area contributed by atoms with Crippen LogP contribution in [0, 0.1) is 0 Å². The van der Waals surface area contributed by atoms with Crippen molar-refractivity contribution in [2.75, 3.05) is 39.1 Å². The predicted octanol–water partition coefficient (Wildman–Crippen LogP) is 2.75. The Morgan fingerprint density at radius 3 is 2.72 bits per heavy atom. The number of thioether (sulfide) groups is 1. The van der Waals surface area contributed by atoms with Gasteiger partial charge in [-0.05, 0) is 43.7 Å². The van der Waals surface area contributed by atoms with E-state index in [-0.39, 0.29) is 12.2 Å². The second-order valence-corrected chi connectivity index (χ2v) is 7.30. The van der Waals surface area contributed by atoms with Crippen LogP contribution in [0.4, 0.5) is 0 Å². The Bertz CT molecular complexity index is 558. The minimum Gasteiger partial charge on any atom is -0.375 e. The van der Waals surface area contributed by atoms with Crippen molar-refractivity contribution < 1.29 is 9.47 Å². The molecule has 0 aromatic heterocycles. The highest BCUT2D eigenvalue weighted by molar-refractivity contribution is 7.98. The predicted molar refractivity (Wildman–Crippen MR) is 103 cm³/mol. The molecule has 0 spiro atoms. The van der Waals surface area contributed by atoms with Crippen molar-refractivity contribution in [1.29, 1.82) is 0 Å². The molecule has 2 atom stereocenters. The molecule has 5 nitrogen and oxygen atoms in total. The first kappa shape index (κ1) is 18.5. The van der Waals surface area contributed by atoms with Gasteiger partial charge in [-0.1, -0.05) is 12.1 Å². The summed E-state index contributed by atoms with van der Waals surface area (Å²) < 4.78 is 11.8. The van der Waals surface area contributed by atoms with Gasteiger partial charge in [0.15, 0.2) is 5.96 Å². The molecule has 0 aliphatic carbocycles. The second-order valence-electron chi connectivity index (χ2n) is 6.42. The maximum atomic E-state index is 5.96. The summed E-state index contributed by atoms with van der Waals surface area (Å²) in [6.07, 6.45) is 4.74. The number of hydrogen-bond acceptors (Lipinski definition) is 4. The van der Waals surface area contributed by atoms with Crippen molar-refractivity contribution in [3.05, 3.63) is 29.8 Å². The summed E-state index contributed by atoms with van der Waals surface area (Å²) in [5.41, 5.74) is 1.23. The monoisotopic (exact) mass is 363 g/mol. The van der Waals surface area contributed by atoms with Gasteiger partial charge in [0.25, 0.3) is 0 Å². The Hall–Kier alpha value is -1.24. The number of benzene rings is 1. The second kappa shape index (κ2) is 9.46. The van der Waals surface area contributed by atoms with Crippen LogP contribution in [0.15, 0.2) is 34.2 Å². The average molecular weight is 364 g/mol. The molecule has 0 amide bonds. The Morgan fingerprint density at radius 1 is 1.24 bits per heavy atom. The van der Waals surface area contributed by atoms with Crippen molar-refractivity contribution in [3.63, 3.8) is 0 Å². The summed E-state index contributed by atoms with van der Waals surface area (Å²) in [5.74, 6) is 0.975. The van der Waals surface area contributed by atoms with Crippen molar-refractivity contribution in [2.45, 2.75) is 43.4 Å². The lowest BCUT2D eigenvalue weighted by Gasteiger charge is -2.37. The third-order valence-electron chi connectivity index (χ3n) is 4.68. The summed E-state index contributed by atoms with van der Waals surface area (Å²) in [4.78, 5) is 8.45. The zero-order valence-electron chi connectivity index (χ0n) is 15.2. The molecule has 2 unspecified atom stereocenters. The molecule has 0 bridgehead atoms. The SMILES string of the molecule is CCNC(=NCc1ccc(SC)cc1)N1CCOC(C2CCCO2)C1. The van der Waals surface area contributed by atoms with E-state index in [4.69, 9.17) is 14.5 Å². The molecule has 1 aromatic carbocycles. The number of aliphatic imine (C=N–C) groups is 1. The van der Waals surface area contributed by atoms with Gasteiger partial charge in [0.1, 0.15) is 6.10 Å². The molecule has 3 rings (SSSR count). The lowest BCUT2D eigenvalue weighted by molar-refractivity contribution is -0.0817. The number of ether oxygens (including phenoxy) is 2. The fourth-order valence-electron chi connectivity index (χ4n) is 3.31. The van der Waals surface area contributed by atoms with Crippen LogP contribution < -0.4 is 5.32 Å².